The Morgan fingerprint density at radius 1 is 1.69 bits per heavy atom. The molecular weight excluding hydrogens is 170 g/mol. The average molecular weight is 187 g/mol. The second kappa shape index (κ2) is 5.19. The highest BCUT2D eigenvalue weighted by molar-refractivity contribution is 5.73. The van der Waals surface area contributed by atoms with Gasteiger partial charge in [0.2, 0.25) is 5.91 Å². The number of carbonyl (C=O) groups excluding carboxylic acids is 1. The van der Waals surface area contributed by atoms with Gasteiger partial charge in [0.25, 0.3) is 0 Å². The van der Waals surface area contributed by atoms with Gasteiger partial charge in [0.15, 0.2) is 0 Å². The predicted octanol–water partition coefficient (Wildman–Crippen LogP) is 0.270. The lowest BCUT2D eigenvalue weighted by atomic mass is 10.2. The van der Waals surface area contributed by atoms with Crippen molar-refractivity contribution in [3.8, 4) is 0 Å². The highest BCUT2D eigenvalue weighted by Gasteiger charge is 2.21. The molecule has 0 aromatic rings. The second-order valence-electron chi connectivity index (χ2n) is 3.24. The maximum Gasteiger partial charge on any atom is 0.219 e. The van der Waals surface area contributed by atoms with Gasteiger partial charge in [0.1, 0.15) is 0 Å². The van der Waals surface area contributed by atoms with Crippen LogP contribution in [-0.2, 0) is 14.3 Å². The van der Waals surface area contributed by atoms with E-state index in [-0.39, 0.29) is 12.0 Å². The lowest BCUT2D eigenvalue weighted by Gasteiger charge is -2.32. The molecule has 4 heteroatoms. The molecule has 1 aliphatic heterocycles. The lowest BCUT2D eigenvalue weighted by molar-refractivity contribution is -0.137. The van der Waals surface area contributed by atoms with Gasteiger partial charge < -0.3 is 14.4 Å². The minimum absolute atomic E-state index is 0.130. The molecule has 1 amide bonds. The molecule has 0 aliphatic carbocycles. The highest BCUT2D eigenvalue weighted by Crippen LogP contribution is 2.08. The van der Waals surface area contributed by atoms with Crippen molar-refractivity contribution in [2.75, 3.05) is 33.4 Å². The summed E-state index contributed by atoms with van der Waals surface area (Å²) in [6, 6.07) is 0. The second-order valence-corrected chi connectivity index (χ2v) is 3.24. The van der Waals surface area contributed by atoms with Crippen LogP contribution in [0.4, 0.5) is 0 Å². The van der Waals surface area contributed by atoms with Gasteiger partial charge in [-0.3, -0.25) is 4.79 Å². The van der Waals surface area contributed by atoms with E-state index in [4.69, 9.17) is 9.47 Å². The summed E-state index contributed by atoms with van der Waals surface area (Å²) in [6.45, 7) is 4.36. The van der Waals surface area contributed by atoms with Crippen LogP contribution in [0.15, 0.2) is 0 Å². The molecule has 4 nitrogen and oxygen atoms in total. The van der Waals surface area contributed by atoms with Gasteiger partial charge in [-0.2, -0.15) is 0 Å². The summed E-state index contributed by atoms with van der Waals surface area (Å²) in [6.07, 6.45) is 1.01. The molecule has 76 valence electrons. The number of hydrogen-bond acceptors (Lipinski definition) is 3. The van der Waals surface area contributed by atoms with Gasteiger partial charge in [0.05, 0.1) is 12.7 Å². The molecule has 1 fully saturated rings. The first kappa shape index (κ1) is 10.5. The van der Waals surface area contributed by atoms with Crippen molar-refractivity contribution in [2.24, 2.45) is 0 Å². The topological polar surface area (TPSA) is 38.8 Å². The standard InChI is InChI=1S/C9H17NO3/c1-8(11)10-4-6-13-9(7-10)3-5-12-2/h9H,3-7H2,1-2H3. The van der Waals surface area contributed by atoms with Crippen LogP contribution in [0, 0.1) is 0 Å². The first-order valence-corrected chi connectivity index (χ1v) is 4.60. The van der Waals surface area contributed by atoms with Crippen LogP contribution >= 0.6 is 0 Å². The van der Waals surface area contributed by atoms with Crippen LogP contribution in [0.5, 0.6) is 0 Å². The van der Waals surface area contributed by atoms with Gasteiger partial charge in [-0.05, 0) is 6.42 Å². The van der Waals surface area contributed by atoms with Crippen molar-refractivity contribution < 1.29 is 14.3 Å². The molecule has 0 aromatic heterocycles. The molecule has 1 rings (SSSR count). The third-order valence-corrected chi connectivity index (χ3v) is 2.23. The van der Waals surface area contributed by atoms with Crippen LogP contribution in [0.3, 0.4) is 0 Å². The first-order valence-electron chi connectivity index (χ1n) is 4.60. The molecular formula is C9H17NO3. The van der Waals surface area contributed by atoms with E-state index < -0.39 is 0 Å². The number of carbonyl (C=O) groups is 1. The number of morpholine rings is 1. The van der Waals surface area contributed by atoms with Gasteiger partial charge in [-0.15, -0.1) is 0 Å². The predicted molar refractivity (Wildman–Crippen MR) is 48.5 cm³/mol. The molecule has 0 aromatic carbocycles. The van der Waals surface area contributed by atoms with E-state index in [0.717, 1.165) is 13.0 Å². The monoisotopic (exact) mass is 187 g/mol. The Morgan fingerprint density at radius 3 is 3.08 bits per heavy atom. The summed E-state index contributed by atoms with van der Waals surface area (Å²) in [5, 5.41) is 0. The van der Waals surface area contributed by atoms with E-state index in [1.54, 1.807) is 14.0 Å². The zero-order valence-corrected chi connectivity index (χ0v) is 8.28. The summed E-state index contributed by atoms with van der Waals surface area (Å²) < 4.78 is 10.4. The van der Waals surface area contributed by atoms with Crippen molar-refractivity contribution in [1.82, 2.24) is 4.90 Å². The molecule has 0 spiro atoms. The molecule has 13 heavy (non-hydrogen) atoms. The fourth-order valence-corrected chi connectivity index (χ4v) is 1.43. The van der Waals surface area contributed by atoms with E-state index >= 15 is 0 Å². The minimum atomic E-state index is 0.130. The summed E-state index contributed by atoms with van der Waals surface area (Å²) in [5.41, 5.74) is 0. The maximum atomic E-state index is 11.1. The van der Waals surface area contributed by atoms with Crippen LogP contribution in [0.1, 0.15) is 13.3 Å². The number of ether oxygens (including phenoxy) is 2. The number of nitrogens with zero attached hydrogens (tertiary/aromatic N) is 1. The zero-order valence-electron chi connectivity index (χ0n) is 8.28. The Balaban J connectivity index is 2.29. The van der Waals surface area contributed by atoms with Crippen molar-refractivity contribution in [2.45, 2.75) is 19.4 Å². The van der Waals surface area contributed by atoms with Crippen LogP contribution in [-0.4, -0.2) is 50.3 Å². The summed E-state index contributed by atoms with van der Waals surface area (Å²) >= 11 is 0. The largest absolute Gasteiger partial charge is 0.385 e. The lowest BCUT2D eigenvalue weighted by Crippen LogP contribution is -2.45. The average Bonchev–Trinajstić information content (AvgIpc) is 2.15. The van der Waals surface area contributed by atoms with Crippen LogP contribution < -0.4 is 0 Å². The van der Waals surface area contributed by atoms with Crippen LogP contribution in [0.2, 0.25) is 0 Å². The molecule has 0 radical (unpaired) electrons. The third-order valence-electron chi connectivity index (χ3n) is 2.23. The van der Waals surface area contributed by atoms with E-state index in [2.05, 4.69) is 0 Å². The van der Waals surface area contributed by atoms with E-state index in [0.29, 0.717) is 19.8 Å². The molecule has 0 N–H and O–H groups in total. The van der Waals surface area contributed by atoms with Gasteiger partial charge in [-0.25, -0.2) is 0 Å². The number of amides is 1. The normalized spacial score (nSPS) is 23.2. The molecule has 0 bridgehead atoms. The van der Waals surface area contributed by atoms with Crippen LogP contribution in [0.25, 0.3) is 0 Å². The Kier molecular flexibility index (Phi) is 4.18. The smallest absolute Gasteiger partial charge is 0.219 e. The Morgan fingerprint density at radius 2 is 2.46 bits per heavy atom. The first-order chi connectivity index (χ1) is 6.24. The van der Waals surface area contributed by atoms with Crippen molar-refractivity contribution in [3.05, 3.63) is 0 Å². The summed E-state index contributed by atoms with van der Waals surface area (Å²) in [7, 11) is 1.67. The number of rotatable bonds is 3. The fourth-order valence-electron chi connectivity index (χ4n) is 1.43. The van der Waals surface area contributed by atoms with Gasteiger partial charge in [0, 0.05) is 33.7 Å². The maximum absolute atomic E-state index is 11.1. The van der Waals surface area contributed by atoms with E-state index in [1.165, 1.54) is 0 Å². The Bertz CT molecular complexity index is 172. The molecule has 1 unspecified atom stereocenters. The molecule has 1 aliphatic rings. The Labute approximate surface area is 78.8 Å². The van der Waals surface area contributed by atoms with Gasteiger partial charge in [-0.1, -0.05) is 0 Å². The summed E-state index contributed by atoms with van der Waals surface area (Å²) in [5.74, 6) is 0.130. The zero-order chi connectivity index (χ0) is 9.68. The highest BCUT2D eigenvalue weighted by atomic mass is 16.5. The van der Waals surface area contributed by atoms with Crippen molar-refractivity contribution in [3.63, 3.8) is 0 Å². The molecule has 1 heterocycles. The fraction of sp³-hybridized carbons (Fsp3) is 0.889. The molecule has 0 saturated carbocycles. The van der Waals surface area contributed by atoms with E-state index in [1.807, 2.05) is 4.90 Å². The van der Waals surface area contributed by atoms with E-state index in [9.17, 15) is 4.79 Å². The molecule has 1 saturated heterocycles. The Hall–Kier alpha value is -0.610. The van der Waals surface area contributed by atoms with Crippen molar-refractivity contribution >= 4 is 5.91 Å². The third kappa shape index (κ3) is 3.32. The summed E-state index contributed by atoms with van der Waals surface area (Å²) in [4.78, 5) is 12.9. The van der Waals surface area contributed by atoms with Crippen molar-refractivity contribution in [1.29, 1.82) is 0 Å². The molecule has 1 atom stereocenters. The SMILES string of the molecule is COCCC1CN(C(C)=O)CCO1. The number of hydrogen-bond donors (Lipinski definition) is 0. The quantitative estimate of drug-likeness (QED) is 0.636. The minimum Gasteiger partial charge on any atom is -0.385 e. The number of methoxy groups -OCH3 is 1. The van der Waals surface area contributed by atoms with Gasteiger partial charge >= 0.3 is 0 Å².